The molecule has 1 amide bonds. The lowest BCUT2D eigenvalue weighted by atomic mass is 9.99. The number of nitrogens with two attached hydrogens (primary N) is 1. The van der Waals surface area contributed by atoms with Crippen molar-refractivity contribution < 1.29 is 4.79 Å². The number of rotatable bonds is 2. The molecule has 0 atom stereocenters. The van der Waals surface area contributed by atoms with E-state index < -0.39 is 0 Å². The highest BCUT2D eigenvalue weighted by Gasteiger charge is 2.20. The van der Waals surface area contributed by atoms with Gasteiger partial charge in [0.25, 0.3) is 5.91 Å². The van der Waals surface area contributed by atoms with Crippen LogP contribution >= 0.6 is 0 Å². The summed E-state index contributed by atoms with van der Waals surface area (Å²) < 4.78 is 0. The first-order valence-electron chi connectivity index (χ1n) is 8.84. The molecule has 5 heteroatoms. The van der Waals surface area contributed by atoms with Gasteiger partial charge >= 0.3 is 0 Å². The summed E-state index contributed by atoms with van der Waals surface area (Å²) in [6.07, 6.45) is 1.71. The number of likely N-dealkylation sites (N-methyl/N-ethyl adjacent to an activating group) is 1. The first kappa shape index (κ1) is 16.5. The number of carbonyl (C=O) groups is 1. The van der Waals surface area contributed by atoms with Gasteiger partial charge in [-0.15, -0.1) is 0 Å². The molecule has 1 aliphatic rings. The Morgan fingerprint density at radius 2 is 1.77 bits per heavy atom. The van der Waals surface area contributed by atoms with E-state index in [-0.39, 0.29) is 5.91 Å². The van der Waals surface area contributed by atoms with Gasteiger partial charge in [0.1, 0.15) is 5.82 Å². The number of nitrogens with zero attached hydrogens (tertiary/aromatic N) is 3. The predicted octanol–water partition coefficient (Wildman–Crippen LogP) is 2.87. The van der Waals surface area contributed by atoms with Crippen LogP contribution in [0.4, 0.5) is 5.82 Å². The van der Waals surface area contributed by atoms with E-state index in [0.717, 1.165) is 53.6 Å². The minimum atomic E-state index is 0.0990. The zero-order valence-electron chi connectivity index (χ0n) is 14.9. The van der Waals surface area contributed by atoms with Crippen LogP contribution in [0.1, 0.15) is 10.4 Å². The summed E-state index contributed by atoms with van der Waals surface area (Å²) in [6, 6.07) is 15.9. The van der Waals surface area contributed by atoms with Gasteiger partial charge in [-0.2, -0.15) is 0 Å². The molecule has 2 N–H and O–H groups in total. The number of benzene rings is 2. The lowest BCUT2D eigenvalue weighted by Crippen LogP contribution is -2.47. The summed E-state index contributed by atoms with van der Waals surface area (Å²) in [4.78, 5) is 21.2. The highest BCUT2D eigenvalue weighted by Crippen LogP contribution is 2.27. The zero-order chi connectivity index (χ0) is 18.1. The molecular weight excluding hydrogens is 324 g/mol. The third-order valence-corrected chi connectivity index (χ3v) is 5.03. The average Bonchev–Trinajstić information content (AvgIpc) is 2.68. The first-order valence-corrected chi connectivity index (χ1v) is 8.84. The minimum absolute atomic E-state index is 0.0990. The molecule has 0 unspecified atom stereocenters. The van der Waals surface area contributed by atoms with E-state index in [1.165, 1.54) is 0 Å². The second-order valence-electron chi connectivity index (χ2n) is 6.81. The number of fused-ring (bicyclic) bond motifs is 1. The lowest BCUT2D eigenvalue weighted by molar-refractivity contribution is 0.0664. The monoisotopic (exact) mass is 346 g/mol. The first-order chi connectivity index (χ1) is 12.6. The number of aromatic nitrogens is 1. The summed E-state index contributed by atoms with van der Waals surface area (Å²) in [5.41, 5.74) is 8.78. The van der Waals surface area contributed by atoms with Crippen LogP contribution in [-0.2, 0) is 0 Å². The lowest BCUT2D eigenvalue weighted by Gasteiger charge is -2.32. The van der Waals surface area contributed by atoms with Crippen molar-refractivity contribution in [2.24, 2.45) is 0 Å². The zero-order valence-corrected chi connectivity index (χ0v) is 14.9. The molecule has 0 spiro atoms. The average molecular weight is 346 g/mol. The highest BCUT2D eigenvalue weighted by atomic mass is 16.2. The van der Waals surface area contributed by atoms with Crippen LogP contribution in [0, 0.1) is 0 Å². The van der Waals surface area contributed by atoms with Gasteiger partial charge in [-0.3, -0.25) is 4.79 Å². The number of hydrogen-bond donors (Lipinski definition) is 1. The molecule has 1 fully saturated rings. The number of piperazine rings is 1. The van der Waals surface area contributed by atoms with Gasteiger partial charge < -0.3 is 15.5 Å². The van der Waals surface area contributed by atoms with Crippen LogP contribution in [0.15, 0.2) is 54.7 Å². The second kappa shape index (κ2) is 6.77. The van der Waals surface area contributed by atoms with Crippen molar-refractivity contribution in [1.29, 1.82) is 0 Å². The van der Waals surface area contributed by atoms with Crippen molar-refractivity contribution in [3.05, 3.63) is 60.3 Å². The van der Waals surface area contributed by atoms with Crippen LogP contribution < -0.4 is 5.73 Å². The van der Waals surface area contributed by atoms with E-state index in [1.807, 2.05) is 47.4 Å². The van der Waals surface area contributed by atoms with Crippen LogP contribution in [0.3, 0.4) is 0 Å². The third kappa shape index (κ3) is 3.13. The molecule has 0 bridgehead atoms. The number of nitrogen functional groups attached to an aromatic ring is 1. The van der Waals surface area contributed by atoms with Crippen molar-refractivity contribution in [3.8, 4) is 11.1 Å². The van der Waals surface area contributed by atoms with E-state index >= 15 is 0 Å². The van der Waals surface area contributed by atoms with Crippen molar-refractivity contribution in [3.63, 3.8) is 0 Å². The summed E-state index contributed by atoms with van der Waals surface area (Å²) in [5, 5.41) is 1.99. The van der Waals surface area contributed by atoms with Crippen LogP contribution in [0.25, 0.3) is 21.9 Å². The number of amides is 1. The minimum Gasteiger partial charge on any atom is -0.383 e. The molecule has 0 saturated carbocycles. The SMILES string of the molecule is CN1CCN(C(=O)c2cccc(-c3ccc4ccnc(N)c4c3)c2)CC1. The molecule has 2 aromatic carbocycles. The molecule has 1 aliphatic heterocycles. The van der Waals surface area contributed by atoms with E-state index in [2.05, 4.69) is 23.0 Å². The Morgan fingerprint density at radius 3 is 2.58 bits per heavy atom. The Labute approximate surface area is 153 Å². The summed E-state index contributed by atoms with van der Waals surface area (Å²) in [6.45, 7) is 3.39. The van der Waals surface area contributed by atoms with Gasteiger partial charge in [0.05, 0.1) is 0 Å². The smallest absolute Gasteiger partial charge is 0.253 e. The van der Waals surface area contributed by atoms with Gasteiger partial charge in [-0.25, -0.2) is 4.98 Å². The van der Waals surface area contributed by atoms with Crippen molar-refractivity contribution in [1.82, 2.24) is 14.8 Å². The molecule has 3 aromatic rings. The summed E-state index contributed by atoms with van der Waals surface area (Å²) in [5.74, 6) is 0.621. The highest BCUT2D eigenvalue weighted by molar-refractivity contribution is 5.97. The molecule has 26 heavy (non-hydrogen) atoms. The maximum atomic E-state index is 12.8. The fourth-order valence-electron chi connectivity index (χ4n) is 3.39. The predicted molar refractivity (Wildman–Crippen MR) is 105 cm³/mol. The number of anilines is 1. The summed E-state index contributed by atoms with van der Waals surface area (Å²) >= 11 is 0. The van der Waals surface area contributed by atoms with Crippen LogP contribution in [0.2, 0.25) is 0 Å². The Hall–Kier alpha value is -2.92. The van der Waals surface area contributed by atoms with Crippen molar-refractivity contribution in [2.45, 2.75) is 0 Å². The maximum Gasteiger partial charge on any atom is 0.253 e. The summed E-state index contributed by atoms with van der Waals surface area (Å²) in [7, 11) is 2.09. The molecular formula is C21H22N4O. The molecule has 132 valence electrons. The van der Waals surface area contributed by atoms with E-state index in [9.17, 15) is 4.79 Å². The van der Waals surface area contributed by atoms with Crippen LogP contribution in [0.5, 0.6) is 0 Å². The number of hydrogen-bond acceptors (Lipinski definition) is 4. The van der Waals surface area contributed by atoms with E-state index in [4.69, 9.17) is 5.73 Å². The standard InChI is InChI=1S/C21H22N4O/c1-24-9-11-25(12-10-24)21(26)18-4-2-3-16(13-18)17-6-5-15-7-8-23-20(22)19(15)14-17/h2-8,13-14H,9-12H2,1H3,(H2,22,23). The van der Waals surface area contributed by atoms with Gasteiger partial charge in [0, 0.05) is 43.3 Å². The van der Waals surface area contributed by atoms with Crippen molar-refractivity contribution >= 4 is 22.5 Å². The fraction of sp³-hybridized carbons (Fsp3) is 0.238. The van der Waals surface area contributed by atoms with Gasteiger partial charge in [-0.05, 0) is 47.8 Å². The Bertz CT molecular complexity index is 961. The topological polar surface area (TPSA) is 62.5 Å². The maximum absolute atomic E-state index is 12.8. The number of carbonyl (C=O) groups excluding carboxylic acids is 1. The second-order valence-corrected chi connectivity index (χ2v) is 6.81. The van der Waals surface area contributed by atoms with Gasteiger partial charge in [0.2, 0.25) is 0 Å². The molecule has 0 aliphatic carbocycles. The molecule has 4 rings (SSSR count). The van der Waals surface area contributed by atoms with Crippen LogP contribution in [-0.4, -0.2) is 53.9 Å². The molecule has 1 saturated heterocycles. The van der Waals surface area contributed by atoms with E-state index in [1.54, 1.807) is 6.20 Å². The van der Waals surface area contributed by atoms with Gasteiger partial charge in [0.15, 0.2) is 0 Å². The van der Waals surface area contributed by atoms with Crippen molar-refractivity contribution in [2.75, 3.05) is 39.0 Å². The molecule has 1 aromatic heterocycles. The van der Waals surface area contributed by atoms with Gasteiger partial charge in [-0.1, -0.05) is 24.3 Å². The Kier molecular flexibility index (Phi) is 4.31. The quantitative estimate of drug-likeness (QED) is 0.775. The normalized spacial score (nSPS) is 15.3. The third-order valence-electron chi connectivity index (χ3n) is 5.03. The fourth-order valence-corrected chi connectivity index (χ4v) is 3.39. The largest absolute Gasteiger partial charge is 0.383 e. The Morgan fingerprint density at radius 1 is 1.00 bits per heavy atom. The molecule has 0 radical (unpaired) electrons. The number of pyridine rings is 1. The molecule has 5 nitrogen and oxygen atoms in total. The van der Waals surface area contributed by atoms with E-state index in [0.29, 0.717) is 5.82 Å². The molecule has 2 heterocycles. The Balaban J connectivity index is 1.65.